The van der Waals surface area contributed by atoms with Crippen LogP contribution >= 0.6 is 34.7 Å². The van der Waals surface area contributed by atoms with Crippen LogP contribution in [-0.2, 0) is 5.41 Å². The van der Waals surface area contributed by atoms with Crippen LogP contribution in [-0.4, -0.2) is 22.2 Å². The van der Waals surface area contributed by atoms with Crippen molar-refractivity contribution in [2.75, 3.05) is 12.4 Å². The van der Waals surface area contributed by atoms with Gasteiger partial charge in [-0.05, 0) is 49.1 Å². The number of benzene rings is 2. The molecule has 2 aromatic carbocycles. The molecule has 0 aliphatic heterocycles. The smallest absolute Gasteiger partial charge is 0.298 e. The fourth-order valence-electron chi connectivity index (χ4n) is 3.54. The molecule has 5 nitrogen and oxygen atoms in total. The maximum absolute atomic E-state index is 6.51. The molecule has 1 N–H and O–H groups in total. The van der Waals surface area contributed by atoms with Gasteiger partial charge in [0.25, 0.3) is 5.19 Å². The third-order valence-electron chi connectivity index (χ3n) is 5.49. The summed E-state index contributed by atoms with van der Waals surface area (Å²) in [5.41, 5.74) is 2.81. The van der Waals surface area contributed by atoms with E-state index in [-0.39, 0.29) is 11.3 Å². The molecule has 0 saturated heterocycles. The van der Waals surface area contributed by atoms with Crippen LogP contribution in [0.1, 0.15) is 43.6 Å². The molecule has 1 heterocycles. The van der Waals surface area contributed by atoms with Gasteiger partial charge >= 0.3 is 0 Å². The minimum absolute atomic E-state index is 0.129. The molecule has 1 aromatic heterocycles. The van der Waals surface area contributed by atoms with Gasteiger partial charge in [0.2, 0.25) is 0 Å². The van der Waals surface area contributed by atoms with E-state index in [9.17, 15) is 0 Å². The standard InChI is InChI=1S/C23H24Cl2N4OS/c1-13(2)20(26-4)27-18-11-14(3)19(12-17(18)25)30-22-28-21(29-31-22)23(9-10-23)15-5-7-16(24)8-6-15/h5-8,11-13H,9-10H2,1-4H3,(H,26,27). The maximum atomic E-state index is 6.51. The summed E-state index contributed by atoms with van der Waals surface area (Å²) in [6.07, 6.45) is 2.04. The summed E-state index contributed by atoms with van der Waals surface area (Å²) in [6.45, 7) is 6.14. The zero-order valence-corrected chi connectivity index (χ0v) is 20.2. The van der Waals surface area contributed by atoms with E-state index in [4.69, 9.17) is 32.9 Å². The fraction of sp³-hybridized carbons (Fsp3) is 0.348. The van der Waals surface area contributed by atoms with E-state index in [2.05, 4.69) is 40.7 Å². The first-order valence-electron chi connectivity index (χ1n) is 10.1. The molecule has 0 bridgehead atoms. The van der Waals surface area contributed by atoms with Gasteiger partial charge in [-0.15, -0.1) is 0 Å². The summed E-state index contributed by atoms with van der Waals surface area (Å²) in [5.74, 6) is 2.61. The largest absolute Gasteiger partial charge is 0.430 e. The molecule has 8 heteroatoms. The summed E-state index contributed by atoms with van der Waals surface area (Å²) in [6, 6.07) is 11.7. The van der Waals surface area contributed by atoms with Gasteiger partial charge in [0.15, 0.2) is 5.82 Å². The average Bonchev–Trinajstić information content (AvgIpc) is 3.41. The van der Waals surface area contributed by atoms with Crippen molar-refractivity contribution in [2.45, 2.75) is 39.0 Å². The minimum Gasteiger partial charge on any atom is -0.430 e. The third kappa shape index (κ3) is 4.56. The van der Waals surface area contributed by atoms with E-state index < -0.39 is 0 Å². The Balaban J connectivity index is 1.54. The lowest BCUT2D eigenvalue weighted by Gasteiger charge is -2.16. The average molecular weight is 475 g/mol. The molecule has 1 fully saturated rings. The second-order valence-electron chi connectivity index (χ2n) is 8.06. The van der Waals surface area contributed by atoms with E-state index in [1.165, 1.54) is 17.1 Å². The topological polar surface area (TPSA) is 59.4 Å². The lowest BCUT2D eigenvalue weighted by Crippen LogP contribution is -2.18. The molecule has 1 saturated carbocycles. The summed E-state index contributed by atoms with van der Waals surface area (Å²) in [5, 5.41) is 5.11. The van der Waals surface area contributed by atoms with Gasteiger partial charge in [-0.25, -0.2) is 0 Å². The van der Waals surface area contributed by atoms with Crippen LogP contribution in [0.3, 0.4) is 0 Å². The first-order valence-corrected chi connectivity index (χ1v) is 11.7. The molecule has 0 unspecified atom stereocenters. The number of hydrogen-bond donors (Lipinski definition) is 1. The molecule has 0 atom stereocenters. The summed E-state index contributed by atoms with van der Waals surface area (Å²) < 4.78 is 10.7. The molecular weight excluding hydrogens is 451 g/mol. The highest BCUT2D eigenvalue weighted by molar-refractivity contribution is 7.07. The lowest BCUT2D eigenvalue weighted by atomic mass is 9.95. The van der Waals surface area contributed by atoms with Crippen LogP contribution in [0.15, 0.2) is 41.4 Å². The Morgan fingerprint density at radius 1 is 1.19 bits per heavy atom. The van der Waals surface area contributed by atoms with Crippen LogP contribution in [0.5, 0.6) is 10.9 Å². The van der Waals surface area contributed by atoms with E-state index in [0.29, 0.717) is 16.0 Å². The van der Waals surface area contributed by atoms with Crippen molar-refractivity contribution in [1.82, 2.24) is 9.36 Å². The van der Waals surface area contributed by atoms with Gasteiger partial charge in [0.1, 0.15) is 11.6 Å². The van der Waals surface area contributed by atoms with Crippen LogP contribution in [0.4, 0.5) is 5.69 Å². The van der Waals surface area contributed by atoms with Crippen molar-refractivity contribution in [2.24, 2.45) is 10.9 Å². The van der Waals surface area contributed by atoms with Gasteiger partial charge < -0.3 is 10.1 Å². The molecule has 0 amide bonds. The number of ether oxygens (including phenoxy) is 1. The second-order valence-corrected chi connectivity index (χ2v) is 9.62. The highest BCUT2D eigenvalue weighted by atomic mass is 35.5. The zero-order chi connectivity index (χ0) is 22.2. The summed E-state index contributed by atoms with van der Waals surface area (Å²) in [7, 11) is 1.77. The Hall–Kier alpha value is -2.15. The number of aromatic nitrogens is 2. The maximum Gasteiger partial charge on any atom is 0.298 e. The Morgan fingerprint density at radius 2 is 1.90 bits per heavy atom. The van der Waals surface area contributed by atoms with Crippen molar-refractivity contribution in [3.63, 3.8) is 0 Å². The molecule has 3 aromatic rings. The van der Waals surface area contributed by atoms with Gasteiger partial charge in [0.05, 0.1) is 16.1 Å². The first-order chi connectivity index (χ1) is 14.8. The van der Waals surface area contributed by atoms with Crippen molar-refractivity contribution < 1.29 is 4.74 Å². The van der Waals surface area contributed by atoms with Crippen LogP contribution in [0.2, 0.25) is 10.0 Å². The van der Waals surface area contributed by atoms with Crippen LogP contribution in [0, 0.1) is 12.8 Å². The number of nitrogens with zero attached hydrogens (tertiary/aromatic N) is 3. The van der Waals surface area contributed by atoms with Crippen LogP contribution in [0.25, 0.3) is 0 Å². The Morgan fingerprint density at radius 3 is 2.52 bits per heavy atom. The fourth-order valence-corrected chi connectivity index (χ4v) is 4.50. The van der Waals surface area contributed by atoms with E-state index >= 15 is 0 Å². The number of aryl methyl sites for hydroxylation is 1. The number of rotatable bonds is 6. The molecule has 1 aliphatic carbocycles. The number of amidine groups is 1. The normalized spacial score (nSPS) is 15.3. The lowest BCUT2D eigenvalue weighted by molar-refractivity contribution is 0.472. The quantitative estimate of drug-likeness (QED) is 0.305. The molecule has 31 heavy (non-hydrogen) atoms. The predicted molar refractivity (Wildman–Crippen MR) is 129 cm³/mol. The molecular formula is C23H24Cl2N4OS. The SMILES string of the molecule is CN=C(Nc1cc(C)c(Oc2nc(C3(c4ccc(Cl)cc4)CC3)ns2)cc1Cl)C(C)C. The predicted octanol–water partition coefficient (Wildman–Crippen LogP) is 7.12. The molecule has 4 rings (SSSR count). The van der Waals surface area contributed by atoms with E-state index in [1.54, 1.807) is 13.1 Å². The minimum atomic E-state index is -0.129. The van der Waals surface area contributed by atoms with Crippen molar-refractivity contribution in [3.05, 3.63) is 63.4 Å². The first kappa shape index (κ1) is 22.1. The van der Waals surface area contributed by atoms with Gasteiger partial charge in [0, 0.05) is 35.6 Å². The van der Waals surface area contributed by atoms with Crippen molar-refractivity contribution in [1.29, 1.82) is 0 Å². The third-order valence-corrected chi connectivity index (χ3v) is 6.65. The highest BCUT2D eigenvalue weighted by Gasteiger charge is 2.49. The molecule has 0 radical (unpaired) electrons. The second kappa shape index (κ2) is 8.77. The number of aliphatic imine (C=N–C) groups is 1. The Kier molecular flexibility index (Phi) is 6.24. The van der Waals surface area contributed by atoms with Crippen molar-refractivity contribution >= 4 is 46.3 Å². The van der Waals surface area contributed by atoms with Gasteiger partial charge in [-0.2, -0.15) is 9.36 Å². The molecule has 162 valence electrons. The van der Waals surface area contributed by atoms with Gasteiger partial charge in [-0.1, -0.05) is 49.2 Å². The number of nitrogens with one attached hydrogen (secondary N) is 1. The number of halogens is 2. The number of anilines is 1. The van der Waals surface area contributed by atoms with E-state index in [0.717, 1.165) is 40.8 Å². The van der Waals surface area contributed by atoms with Crippen LogP contribution < -0.4 is 10.1 Å². The van der Waals surface area contributed by atoms with E-state index in [1.807, 2.05) is 25.1 Å². The highest BCUT2D eigenvalue weighted by Crippen LogP contribution is 2.53. The van der Waals surface area contributed by atoms with Gasteiger partial charge in [-0.3, -0.25) is 4.99 Å². The number of hydrogen-bond acceptors (Lipinski definition) is 5. The Labute approximate surface area is 196 Å². The Bertz CT molecular complexity index is 1120. The summed E-state index contributed by atoms with van der Waals surface area (Å²) in [4.78, 5) is 8.99. The monoisotopic (exact) mass is 474 g/mol. The summed E-state index contributed by atoms with van der Waals surface area (Å²) >= 11 is 13.8. The molecule has 1 aliphatic rings. The molecule has 0 spiro atoms. The zero-order valence-electron chi connectivity index (χ0n) is 17.9. The van der Waals surface area contributed by atoms with Crippen molar-refractivity contribution in [3.8, 4) is 10.9 Å².